The third-order valence-electron chi connectivity index (χ3n) is 1.76. The van der Waals surface area contributed by atoms with Crippen LogP contribution >= 0.6 is 0 Å². The summed E-state index contributed by atoms with van der Waals surface area (Å²) < 4.78 is 0. The van der Waals surface area contributed by atoms with E-state index < -0.39 is 0 Å². The summed E-state index contributed by atoms with van der Waals surface area (Å²) >= 11 is 0. The van der Waals surface area contributed by atoms with E-state index in [0.717, 1.165) is 18.7 Å². The summed E-state index contributed by atoms with van der Waals surface area (Å²) in [4.78, 5) is 0. The summed E-state index contributed by atoms with van der Waals surface area (Å²) in [6, 6.07) is 0. The van der Waals surface area contributed by atoms with Gasteiger partial charge in [0.05, 0.1) is 0 Å². The minimum absolute atomic E-state index is 0.981. The lowest BCUT2D eigenvalue weighted by molar-refractivity contribution is 0.756. The third kappa shape index (κ3) is 2.42. The van der Waals surface area contributed by atoms with Gasteiger partial charge in [0.15, 0.2) is 0 Å². The largest absolute Gasteiger partial charge is 0.385 e. The van der Waals surface area contributed by atoms with Crippen molar-refractivity contribution in [1.29, 1.82) is 0 Å². The van der Waals surface area contributed by atoms with E-state index in [-0.39, 0.29) is 0 Å². The Bertz CT molecular complexity index is 193. The smallest absolute Gasteiger partial charge is 0.0340 e. The molecule has 0 aromatic heterocycles. The van der Waals surface area contributed by atoms with Crippen LogP contribution in [0.1, 0.15) is 13.3 Å². The Kier molecular flexibility index (Phi) is 4.86. The number of hydrogen-bond donors (Lipinski definition) is 1. The fourth-order valence-corrected chi connectivity index (χ4v) is 1.19. The molecule has 1 nitrogen and oxygen atoms in total. The predicted molar refractivity (Wildman–Crippen MR) is 55.9 cm³/mol. The minimum Gasteiger partial charge on any atom is -0.385 e. The molecule has 0 atom stereocenters. The monoisotopic (exact) mass is 163 g/mol. The van der Waals surface area contributed by atoms with Gasteiger partial charge in [-0.3, -0.25) is 0 Å². The zero-order valence-electron chi connectivity index (χ0n) is 7.82. The molecular weight excluding hydrogens is 146 g/mol. The van der Waals surface area contributed by atoms with Crippen LogP contribution in [0.5, 0.6) is 0 Å². The predicted octanol–water partition coefficient (Wildman–Crippen LogP) is 2.80. The Morgan fingerprint density at radius 1 is 1.33 bits per heavy atom. The van der Waals surface area contributed by atoms with Gasteiger partial charge >= 0.3 is 0 Å². The first kappa shape index (κ1) is 10.8. The second-order valence-corrected chi connectivity index (χ2v) is 2.46. The zero-order valence-corrected chi connectivity index (χ0v) is 7.82. The Morgan fingerprint density at radius 2 is 1.92 bits per heavy atom. The van der Waals surface area contributed by atoms with Crippen molar-refractivity contribution in [2.75, 3.05) is 6.54 Å². The Hall–Kier alpha value is -1.24. The molecule has 1 N–H and O–H groups in total. The van der Waals surface area contributed by atoms with Crippen LogP contribution in [0.15, 0.2) is 49.2 Å². The molecule has 0 spiro atoms. The fourth-order valence-electron chi connectivity index (χ4n) is 1.19. The molecule has 0 aromatic carbocycles. The Balaban J connectivity index is 0.000000561. The lowest BCUT2D eigenvalue weighted by Gasteiger charge is -2.21. The molecule has 12 heavy (non-hydrogen) atoms. The molecule has 0 bridgehead atoms. The van der Waals surface area contributed by atoms with E-state index in [2.05, 4.69) is 37.7 Å². The molecule has 1 heterocycles. The number of rotatable bonds is 0. The molecule has 1 aliphatic rings. The van der Waals surface area contributed by atoms with Gasteiger partial charge in [-0.05, 0) is 24.5 Å². The first-order valence-electron chi connectivity index (χ1n) is 4.03. The fraction of sp³-hybridized carbons (Fsp3) is 0.273. The van der Waals surface area contributed by atoms with Crippen molar-refractivity contribution in [3.63, 3.8) is 0 Å². The molecule has 0 unspecified atom stereocenters. The molecule has 0 aromatic rings. The molecule has 1 rings (SSSR count). The van der Waals surface area contributed by atoms with Crippen LogP contribution < -0.4 is 5.32 Å². The quantitative estimate of drug-likeness (QED) is 0.541. The topological polar surface area (TPSA) is 12.0 Å². The van der Waals surface area contributed by atoms with E-state index in [1.165, 1.54) is 11.1 Å². The van der Waals surface area contributed by atoms with Gasteiger partial charge in [0, 0.05) is 12.2 Å². The van der Waals surface area contributed by atoms with Crippen LogP contribution in [0.3, 0.4) is 0 Å². The number of allylic oxidation sites excluding steroid dienone is 2. The van der Waals surface area contributed by atoms with Gasteiger partial charge in [0.25, 0.3) is 0 Å². The third-order valence-corrected chi connectivity index (χ3v) is 1.76. The SMILES string of the molecule is C=C.C=C1CCNC(=C)/C1=C/C. The van der Waals surface area contributed by atoms with Crippen LogP contribution in [0, 0.1) is 0 Å². The van der Waals surface area contributed by atoms with Crippen LogP contribution in [0.2, 0.25) is 0 Å². The maximum Gasteiger partial charge on any atom is 0.0340 e. The second kappa shape index (κ2) is 5.42. The van der Waals surface area contributed by atoms with Gasteiger partial charge in [-0.2, -0.15) is 0 Å². The lowest BCUT2D eigenvalue weighted by atomic mass is 9.98. The molecule has 0 amide bonds. The van der Waals surface area contributed by atoms with Crippen LogP contribution in [-0.2, 0) is 0 Å². The van der Waals surface area contributed by atoms with Gasteiger partial charge < -0.3 is 5.32 Å². The van der Waals surface area contributed by atoms with Gasteiger partial charge in [0.2, 0.25) is 0 Å². The highest BCUT2D eigenvalue weighted by Crippen LogP contribution is 2.21. The van der Waals surface area contributed by atoms with Crippen molar-refractivity contribution in [2.45, 2.75) is 13.3 Å². The molecule has 1 aliphatic heterocycles. The first-order chi connectivity index (χ1) is 5.75. The van der Waals surface area contributed by atoms with Crippen molar-refractivity contribution in [3.05, 3.63) is 49.2 Å². The first-order valence-corrected chi connectivity index (χ1v) is 4.03. The summed E-state index contributed by atoms with van der Waals surface area (Å²) in [5, 5.41) is 3.19. The van der Waals surface area contributed by atoms with E-state index in [4.69, 9.17) is 0 Å². The standard InChI is InChI=1S/C9H13N.C2H4/c1-4-9-7(2)5-6-10-8(9)3;1-2/h4,10H,2-3,5-6H2,1H3;1-2H2/b9-4+;. The van der Waals surface area contributed by atoms with Crippen LogP contribution in [-0.4, -0.2) is 6.54 Å². The van der Waals surface area contributed by atoms with Crippen molar-refractivity contribution >= 4 is 0 Å². The van der Waals surface area contributed by atoms with E-state index in [1.54, 1.807) is 0 Å². The summed E-state index contributed by atoms with van der Waals surface area (Å²) in [5.41, 5.74) is 3.40. The maximum atomic E-state index is 3.95. The van der Waals surface area contributed by atoms with Gasteiger partial charge in [0.1, 0.15) is 0 Å². The van der Waals surface area contributed by atoms with Gasteiger partial charge in [-0.1, -0.05) is 19.2 Å². The Labute approximate surface area is 75.2 Å². The molecular formula is C11H17N. The highest BCUT2D eigenvalue weighted by atomic mass is 14.9. The van der Waals surface area contributed by atoms with Crippen molar-refractivity contribution < 1.29 is 0 Å². The summed E-state index contributed by atoms with van der Waals surface area (Å²) in [6.07, 6.45) is 3.09. The zero-order chi connectivity index (χ0) is 9.56. The van der Waals surface area contributed by atoms with Crippen LogP contribution in [0.25, 0.3) is 0 Å². The highest BCUT2D eigenvalue weighted by Gasteiger charge is 2.10. The average molecular weight is 163 g/mol. The second-order valence-electron chi connectivity index (χ2n) is 2.46. The van der Waals surface area contributed by atoms with Gasteiger partial charge in [-0.25, -0.2) is 0 Å². The van der Waals surface area contributed by atoms with E-state index in [9.17, 15) is 0 Å². The van der Waals surface area contributed by atoms with Crippen molar-refractivity contribution in [3.8, 4) is 0 Å². The summed E-state index contributed by atoms with van der Waals surface area (Å²) in [7, 11) is 0. The highest BCUT2D eigenvalue weighted by molar-refractivity contribution is 5.44. The van der Waals surface area contributed by atoms with Crippen molar-refractivity contribution in [2.24, 2.45) is 0 Å². The van der Waals surface area contributed by atoms with Crippen molar-refractivity contribution in [1.82, 2.24) is 5.32 Å². The Morgan fingerprint density at radius 3 is 2.25 bits per heavy atom. The molecule has 1 fully saturated rings. The van der Waals surface area contributed by atoms with E-state index in [0.29, 0.717) is 0 Å². The summed E-state index contributed by atoms with van der Waals surface area (Å²) in [6.45, 7) is 16.8. The molecule has 1 heteroatoms. The molecule has 0 radical (unpaired) electrons. The molecule has 0 saturated carbocycles. The maximum absolute atomic E-state index is 3.95. The molecule has 1 saturated heterocycles. The van der Waals surface area contributed by atoms with E-state index in [1.807, 2.05) is 6.92 Å². The number of nitrogens with one attached hydrogen (secondary N) is 1. The number of hydrogen-bond acceptors (Lipinski definition) is 1. The number of piperidine rings is 1. The van der Waals surface area contributed by atoms with Crippen LogP contribution in [0.4, 0.5) is 0 Å². The minimum atomic E-state index is 0.981. The molecule has 0 aliphatic carbocycles. The molecule has 66 valence electrons. The normalized spacial score (nSPS) is 19.6. The summed E-state index contributed by atoms with van der Waals surface area (Å²) in [5.74, 6) is 0. The average Bonchev–Trinajstić information content (AvgIpc) is 2.08. The lowest BCUT2D eigenvalue weighted by Crippen LogP contribution is -2.22. The van der Waals surface area contributed by atoms with Gasteiger partial charge in [-0.15, -0.1) is 13.2 Å². The van der Waals surface area contributed by atoms with E-state index >= 15 is 0 Å².